The molecule has 27 heavy (non-hydrogen) atoms. The summed E-state index contributed by atoms with van der Waals surface area (Å²) < 4.78 is 5.19. The quantitative estimate of drug-likeness (QED) is 0.687. The van der Waals surface area contributed by atoms with Crippen molar-refractivity contribution in [3.8, 4) is 0 Å². The minimum atomic E-state index is -0.333. The number of aryl methyl sites for hydroxylation is 2. The highest BCUT2D eigenvalue weighted by atomic mass is 35.5. The normalized spacial score (nSPS) is 11.7. The molecule has 0 aliphatic carbocycles. The maximum atomic E-state index is 11.9. The Morgan fingerprint density at radius 3 is 2.48 bits per heavy atom. The second-order valence-electron chi connectivity index (χ2n) is 6.50. The van der Waals surface area contributed by atoms with Gasteiger partial charge in [-0.25, -0.2) is 0 Å². The molecule has 0 aliphatic heterocycles. The largest absolute Gasteiger partial charge is 0.362 e. The molecule has 0 heterocycles. The van der Waals surface area contributed by atoms with Crippen LogP contribution in [0.2, 0.25) is 5.02 Å². The van der Waals surface area contributed by atoms with Crippen LogP contribution in [0.3, 0.4) is 0 Å². The average molecular weight is 389 g/mol. The van der Waals surface area contributed by atoms with Crippen molar-refractivity contribution in [2.75, 3.05) is 18.5 Å². The molecule has 2 aromatic rings. The van der Waals surface area contributed by atoms with Gasteiger partial charge in [-0.1, -0.05) is 48.0 Å². The molecular formula is C21H25ClN2O3. The van der Waals surface area contributed by atoms with Gasteiger partial charge in [-0.3, -0.25) is 9.59 Å². The molecular weight excluding hydrogens is 364 g/mol. The zero-order valence-corrected chi connectivity index (χ0v) is 16.4. The van der Waals surface area contributed by atoms with E-state index in [4.69, 9.17) is 16.3 Å². The van der Waals surface area contributed by atoms with Gasteiger partial charge in [0.15, 0.2) is 0 Å². The van der Waals surface area contributed by atoms with Crippen LogP contribution in [0.5, 0.6) is 0 Å². The van der Waals surface area contributed by atoms with Gasteiger partial charge in [0.1, 0.15) is 13.2 Å². The first-order chi connectivity index (χ1) is 12.9. The van der Waals surface area contributed by atoms with E-state index in [-0.39, 0.29) is 31.1 Å². The van der Waals surface area contributed by atoms with Gasteiger partial charge in [-0.2, -0.15) is 0 Å². The van der Waals surface area contributed by atoms with E-state index in [0.29, 0.717) is 10.7 Å². The Morgan fingerprint density at radius 1 is 1.07 bits per heavy atom. The summed E-state index contributed by atoms with van der Waals surface area (Å²) in [6, 6.07) is 15.4. The summed E-state index contributed by atoms with van der Waals surface area (Å²) >= 11 is 6.02. The Morgan fingerprint density at radius 2 is 1.78 bits per heavy atom. The van der Waals surface area contributed by atoms with Crippen molar-refractivity contribution in [3.63, 3.8) is 0 Å². The number of hydrogen-bond donors (Lipinski definition) is 2. The van der Waals surface area contributed by atoms with Crippen LogP contribution < -0.4 is 10.6 Å². The third kappa shape index (κ3) is 7.81. The lowest BCUT2D eigenvalue weighted by atomic mass is 10.1. The highest BCUT2D eigenvalue weighted by molar-refractivity contribution is 6.31. The molecule has 1 atom stereocenters. The number of halogens is 1. The van der Waals surface area contributed by atoms with E-state index in [0.717, 1.165) is 18.4 Å². The first kappa shape index (κ1) is 20.9. The number of anilines is 1. The number of carbonyl (C=O) groups excluding carboxylic acids is 2. The monoisotopic (exact) mass is 388 g/mol. The lowest BCUT2D eigenvalue weighted by Gasteiger charge is -2.14. The minimum absolute atomic E-state index is 0.0323. The zero-order chi connectivity index (χ0) is 19.6. The van der Waals surface area contributed by atoms with Gasteiger partial charge >= 0.3 is 0 Å². The Bertz CT molecular complexity index is 765. The molecule has 0 saturated heterocycles. The Labute approximate surface area is 165 Å². The number of rotatable bonds is 9. The van der Waals surface area contributed by atoms with Gasteiger partial charge in [0, 0.05) is 16.8 Å². The lowest BCUT2D eigenvalue weighted by Crippen LogP contribution is -2.36. The number of amides is 2. The van der Waals surface area contributed by atoms with E-state index >= 15 is 0 Å². The second-order valence-corrected chi connectivity index (χ2v) is 6.90. The van der Waals surface area contributed by atoms with Crippen molar-refractivity contribution in [2.45, 2.75) is 32.7 Å². The predicted molar refractivity (Wildman–Crippen MR) is 108 cm³/mol. The Kier molecular flexibility index (Phi) is 8.30. The van der Waals surface area contributed by atoms with Gasteiger partial charge in [-0.15, -0.1) is 0 Å². The molecule has 1 unspecified atom stereocenters. The number of carbonyl (C=O) groups is 2. The van der Waals surface area contributed by atoms with Gasteiger partial charge < -0.3 is 15.4 Å². The standard InChI is InChI=1S/C21H25ClN2O3/c1-15-8-11-18(12-19(15)22)24-21(26)14-27-13-20(25)23-16(2)9-10-17-6-4-3-5-7-17/h3-8,11-12,16H,9-10,13-14H2,1-2H3,(H,23,25)(H,24,26). The molecule has 144 valence electrons. The summed E-state index contributed by atoms with van der Waals surface area (Å²) in [5, 5.41) is 6.14. The first-order valence-corrected chi connectivity index (χ1v) is 9.29. The highest BCUT2D eigenvalue weighted by Crippen LogP contribution is 2.19. The van der Waals surface area contributed by atoms with E-state index in [1.165, 1.54) is 5.56 Å². The topological polar surface area (TPSA) is 67.4 Å². The molecule has 0 spiro atoms. The molecule has 2 aromatic carbocycles. The van der Waals surface area contributed by atoms with Crippen LogP contribution in [0.25, 0.3) is 0 Å². The average Bonchev–Trinajstić information content (AvgIpc) is 2.64. The van der Waals surface area contributed by atoms with Crippen LogP contribution in [0.4, 0.5) is 5.69 Å². The summed E-state index contributed by atoms with van der Waals surface area (Å²) in [5.41, 5.74) is 2.77. The number of ether oxygens (including phenoxy) is 1. The summed E-state index contributed by atoms with van der Waals surface area (Å²) in [6.07, 6.45) is 1.73. The molecule has 2 rings (SSSR count). The SMILES string of the molecule is Cc1ccc(NC(=O)COCC(=O)NC(C)CCc2ccccc2)cc1Cl. The van der Waals surface area contributed by atoms with Gasteiger partial charge in [0.05, 0.1) is 0 Å². The van der Waals surface area contributed by atoms with Crippen molar-refractivity contribution in [2.24, 2.45) is 0 Å². The Hall–Kier alpha value is -2.37. The summed E-state index contributed by atoms with van der Waals surface area (Å²) in [6.45, 7) is 3.49. The maximum Gasteiger partial charge on any atom is 0.250 e. The van der Waals surface area contributed by atoms with Crippen molar-refractivity contribution in [3.05, 3.63) is 64.7 Å². The van der Waals surface area contributed by atoms with E-state index in [1.54, 1.807) is 12.1 Å². The molecule has 0 fully saturated rings. The highest BCUT2D eigenvalue weighted by Gasteiger charge is 2.10. The van der Waals surface area contributed by atoms with Gasteiger partial charge in [0.2, 0.25) is 11.8 Å². The third-order valence-electron chi connectivity index (χ3n) is 4.04. The molecule has 2 amide bonds. The van der Waals surface area contributed by atoms with Crippen molar-refractivity contribution < 1.29 is 14.3 Å². The van der Waals surface area contributed by atoms with Gasteiger partial charge in [0.25, 0.3) is 0 Å². The number of hydrogen-bond acceptors (Lipinski definition) is 3. The maximum absolute atomic E-state index is 11.9. The summed E-state index contributed by atoms with van der Waals surface area (Å²) in [7, 11) is 0. The first-order valence-electron chi connectivity index (χ1n) is 8.91. The van der Waals surface area contributed by atoms with Crippen LogP contribution in [0.1, 0.15) is 24.5 Å². The van der Waals surface area contributed by atoms with Crippen LogP contribution in [-0.4, -0.2) is 31.1 Å². The fraction of sp³-hybridized carbons (Fsp3) is 0.333. The number of benzene rings is 2. The van der Waals surface area contributed by atoms with E-state index in [1.807, 2.05) is 38.1 Å². The number of nitrogens with one attached hydrogen (secondary N) is 2. The summed E-state index contributed by atoms with van der Waals surface area (Å²) in [4.78, 5) is 23.8. The van der Waals surface area contributed by atoms with Crippen molar-refractivity contribution in [1.82, 2.24) is 5.32 Å². The minimum Gasteiger partial charge on any atom is -0.362 e. The van der Waals surface area contributed by atoms with Crippen LogP contribution in [0.15, 0.2) is 48.5 Å². The van der Waals surface area contributed by atoms with Crippen molar-refractivity contribution in [1.29, 1.82) is 0 Å². The molecule has 0 saturated carbocycles. The summed E-state index contributed by atoms with van der Waals surface area (Å²) in [5.74, 6) is -0.568. The van der Waals surface area contributed by atoms with Gasteiger partial charge in [-0.05, 0) is 49.9 Å². The van der Waals surface area contributed by atoms with E-state index in [9.17, 15) is 9.59 Å². The molecule has 0 aliphatic rings. The molecule has 0 radical (unpaired) electrons. The fourth-order valence-electron chi connectivity index (χ4n) is 2.52. The second kappa shape index (κ2) is 10.7. The van der Waals surface area contributed by atoms with E-state index in [2.05, 4.69) is 22.8 Å². The smallest absolute Gasteiger partial charge is 0.250 e. The molecule has 5 nitrogen and oxygen atoms in total. The fourth-order valence-corrected chi connectivity index (χ4v) is 2.70. The zero-order valence-electron chi connectivity index (χ0n) is 15.6. The van der Waals surface area contributed by atoms with Crippen LogP contribution in [-0.2, 0) is 20.7 Å². The third-order valence-corrected chi connectivity index (χ3v) is 4.45. The molecule has 2 N–H and O–H groups in total. The van der Waals surface area contributed by atoms with Crippen molar-refractivity contribution >= 4 is 29.1 Å². The molecule has 6 heteroatoms. The Balaban J connectivity index is 1.63. The predicted octanol–water partition coefficient (Wildman–Crippen LogP) is 3.74. The van der Waals surface area contributed by atoms with E-state index < -0.39 is 0 Å². The van der Waals surface area contributed by atoms with Crippen LogP contribution >= 0.6 is 11.6 Å². The van der Waals surface area contributed by atoms with Crippen LogP contribution in [0, 0.1) is 6.92 Å². The molecule has 0 aromatic heterocycles. The lowest BCUT2D eigenvalue weighted by molar-refractivity contribution is -0.129. The molecule has 0 bridgehead atoms.